The van der Waals surface area contributed by atoms with Crippen LogP contribution in [0.4, 0.5) is 0 Å². The lowest BCUT2D eigenvalue weighted by molar-refractivity contribution is -0.130. The van der Waals surface area contributed by atoms with Crippen molar-refractivity contribution in [2.75, 3.05) is 19.7 Å². The van der Waals surface area contributed by atoms with E-state index in [-0.39, 0.29) is 5.60 Å². The summed E-state index contributed by atoms with van der Waals surface area (Å²) in [6, 6.07) is 8.47. The first kappa shape index (κ1) is 15.3. The van der Waals surface area contributed by atoms with Crippen LogP contribution in [0.1, 0.15) is 51.0 Å². The van der Waals surface area contributed by atoms with E-state index >= 15 is 0 Å². The standard InChI is InChI=1S/C18H26ClNO/c1-3-17(2)13-18(9-11-21-17)8-10-20-12-16(18)14-4-6-15(19)7-5-14/h4-7,16,20H,3,8-13H2,1-2H3. The van der Waals surface area contributed by atoms with Crippen molar-refractivity contribution in [2.24, 2.45) is 5.41 Å². The van der Waals surface area contributed by atoms with Crippen molar-refractivity contribution in [1.29, 1.82) is 0 Å². The van der Waals surface area contributed by atoms with Gasteiger partial charge in [0.2, 0.25) is 0 Å². The van der Waals surface area contributed by atoms with Crippen molar-refractivity contribution in [3.63, 3.8) is 0 Å². The minimum atomic E-state index is 0.0419. The number of piperidine rings is 1. The van der Waals surface area contributed by atoms with Crippen molar-refractivity contribution >= 4 is 11.6 Å². The van der Waals surface area contributed by atoms with Crippen LogP contribution in [0.5, 0.6) is 0 Å². The Bertz CT molecular complexity index is 484. The predicted octanol–water partition coefficient (Wildman–Crippen LogP) is 4.38. The van der Waals surface area contributed by atoms with Crippen LogP contribution < -0.4 is 5.32 Å². The van der Waals surface area contributed by atoms with E-state index in [0.717, 1.165) is 31.1 Å². The molecule has 1 aromatic rings. The van der Waals surface area contributed by atoms with E-state index in [1.165, 1.54) is 24.8 Å². The quantitative estimate of drug-likeness (QED) is 0.875. The number of ether oxygens (including phenoxy) is 1. The van der Waals surface area contributed by atoms with Crippen LogP contribution >= 0.6 is 11.6 Å². The van der Waals surface area contributed by atoms with Gasteiger partial charge in [-0.05, 0) is 62.3 Å². The van der Waals surface area contributed by atoms with E-state index in [2.05, 4.69) is 31.3 Å². The molecule has 0 aliphatic carbocycles. The molecular weight excluding hydrogens is 282 g/mol. The third kappa shape index (κ3) is 2.99. The Morgan fingerprint density at radius 3 is 2.76 bits per heavy atom. The van der Waals surface area contributed by atoms with E-state index in [0.29, 0.717) is 11.3 Å². The topological polar surface area (TPSA) is 21.3 Å². The highest BCUT2D eigenvalue weighted by Crippen LogP contribution is 2.52. The molecule has 3 atom stereocenters. The Hall–Kier alpha value is -0.570. The van der Waals surface area contributed by atoms with Gasteiger partial charge in [-0.1, -0.05) is 30.7 Å². The number of hydrogen-bond donors (Lipinski definition) is 1. The lowest BCUT2D eigenvalue weighted by Crippen LogP contribution is -2.51. The molecule has 2 nitrogen and oxygen atoms in total. The summed E-state index contributed by atoms with van der Waals surface area (Å²) >= 11 is 6.06. The average Bonchev–Trinajstić information content (AvgIpc) is 2.49. The van der Waals surface area contributed by atoms with Crippen molar-refractivity contribution in [2.45, 2.75) is 51.0 Å². The number of nitrogens with one attached hydrogen (secondary N) is 1. The summed E-state index contributed by atoms with van der Waals surface area (Å²) in [5.41, 5.74) is 1.84. The molecule has 116 valence electrons. The number of rotatable bonds is 2. The van der Waals surface area contributed by atoms with Crippen LogP contribution in [-0.2, 0) is 4.74 Å². The van der Waals surface area contributed by atoms with Crippen LogP contribution in [0, 0.1) is 5.41 Å². The number of benzene rings is 1. The highest BCUT2D eigenvalue weighted by molar-refractivity contribution is 6.30. The maximum Gasteiger partial charge on any atom is 0.0657 e. The minimum Gasteiger partial charge on any atom is -0.375 e. The summed E-state index contributed by atoms with van der Waals surface area (Å²) < 4.78 is 6.10. The van der Waals surface area contributed by atoms with Crippen LogP contribution in [0.3, 0.4) is 0 Å². The second-order valence-corrected chi connectivity index (χ2v) is 7.44. The van der Waals surface area contributed by atoms with Gasteiger partial charge >= 0.3 is 0 Å². The van der Waals surface area contributed by atoms with Crippen molar-refractivity contribution in [3.05, 3.63) is 34.9 Å². The summed E-state index contributed by atoms with van der Waals surface area (Å²) in [5, 5.41) is 4.41. The molecule has 0 amide bonds. The van der Waals surface area contributed by atoms with Crippen LogP contribution in [0.2, 0.25) is 5.02 Å². The third-order valence-corrected chi connectivity index (χ3v) is 5.94. The number of halogens is 1. The first-order valence-corrected chi connectivity index (χ1v) is 8.55. The van der Waals surface area contributed by atoms with Crippen LogP contribution in [0.15, 0.2) is 24.3 Å². The van der Waals surface area contributed by atoms with E-state index in [1.54, 1.807) is 0 Å². The fraction of sp³-hybridized carbons (Fsp3) is 0.667. The zero-order chi connectivity index (χ0) is 14.9. The molecule has 1 spiro atoms. The van der Waals surface area contributed by atoms with Gasteiger partial charge < -0.3 is 10.1 Å². The molecule has 2 aliphatic heterocycles. The highest BCUT2D eigenvalue weighted by Gasteiger charge is 2.48. The lowest BCUT2D eigenvalue weighted by atomic mass is 9.60. The lowest BCUT2D eigenvalue weighted by Gasteiger charge is -2.52. The van der Waals surface area contributed by atoms with Gasteiger partial charge in [0, 0.05) is 24.1 Å². The minimum absolute atomic E-state index is 0.0419. The Morgan fingerprint density at radius 2 is 2.05 bits per heavy atom. The van der Waals surface area contributed by atoms with Gasteiger partial charge in [0.05, 0.1) is 5.60 Å². The second kappa shape index (κ2) is 5.91. The molecular formula is C18H26ClNO. The van der Waals surface area contributed by atoms with Gasteiger partial charge in [0.15, 0.2) is 0 Å². The highest BCUT2D eigenvalue weighted by atomic mass is 35.5. The molecule has 1 aromatic carbocycles. The molecule has 3 heteroatoms. The van der Waals surface area contributed by atoms with Gasteiger partial charge in [0.1, 0.15) is 0 Å². The molecule has 2 aliphatic rings. The summed E-state index contributed by atoms with van der Waals surface area (Å²) in [7, 11) is 0. The molecule has 2 fully saturated rings. The maximum atomic E-state index is 6.10. The Morgan fingerprint density at radius 1 is 1.29 bits per heavy atom. The zero-order valence-electron chi connectivity index (χ0n) is 13.1. The van der Waals surface area contributed by atoms with Crippen molar-refractivity contribution < 1.29 is 4.74 Å². The fourth-order valence-electron chi connectivity index (χ4n) is 4.26. The first-order chi connectivity index (χ1) is 10.1. The molecule has 3 rings (SSSR count). The summed E-state index contributed by atoms with van der Waals surface area (Å²) in [6.45, 7) is 7.63. The van der Waals surface area contributed by atoms with E-state index in [4.69, 9.17) is 16.3 Å². The molecule has 0 saturated carbocycles. The van der Waals surface area contributed by atoms with Crippen LogP contribution in [-0.4, -0.2) is 25.3 Å². The van der Waals surface area contributed by atoms with E-state index < -0.39 is 0 Å². The molecule has 0 radical (unpaired) electrons. The largest absolute Gasteiger partial charge is 0.375 e. The van der Waals surface area contributed by atoms with Gasteiger partial charge in [0.25, 0.3) is 0 Å². The smallest absolute Gasteiger partial charge is 0.0657 e. The van der Waals surface area contributed by atoms with E-state index in [1.807, 2.05) is 12.1 Å². The monoisotopic (exact) mass is 307 g/mol. The Labute approximate surface area is 133 Å². The average molecular weight is 308 g/mol. The summed E-state index contributed by atoms with van der Waals surface area (Å²) in [4.78, 5) is 0. The van der Waals surface area contributed by atoms with Gasteiger partial charge in [-0.3, -0.25) is 0 Å². The fourth-order valence-corrected chi connectivity index (χ4v) is 4.39. The van der Waals surface area contributed by atoms with Crippen molar-refractivity contribution in [3.8, 4) is 0 Å². The van der Waals surface area contributed by atoms with E-state index in [9.17, 15) is 0 Å². The maximum absolute atomic E-state index is 6.10. The van der Waals surface area contributed by atoms with Crippen molar-refractivity contribution in [1.82, 2.24) is 5.32 Å². The number of hydrogen-bond acceptors (Lipinski definition) is 2. The normalized spacial score (nSPS) is 36.8. The molecule has 1 N–H and O–H groups in total. The second-order valence-electron chi connectivity index (χ2n) is 7.00. The third-order valence-electron chi connectivity index (χ3n) is 5.68. The molecule has 0 bridgehead atoms. The summed E-state index contributed by atoms with van der Waals surface area (Å²) in [6.07, 6.45) is 4.69. The van der Waals surface area contributed by atoms with Gasteiger partial charge in [-0.25, -0.2) is 0 Å². The molecule has 3 unspecified atom stereocenters. The molecule has 2 heterocycles. The molecule has 0 aromatic heterocycles. The van der Waals surface area contributed by atoms with Gasteiger partial charge in [-0.2, -0.15) is 0 Å². The van der Waals surface area contributed by atoms with Crippen LogP contribution in [0.25, 0.3) is 0 Å². The molecule has 21 heavy (non-hydrogen) atoms. The predicted molar refractivity (Wildman–Crippen MR) is 88.0 cm³/mol. The Balaban J connectivity index is 1.92. The SMILES string of the molecule is CCC1(C)CC2(CCNCC2c2ccc(Cl)cc2)CCO1. The molecule has 2 saturated heterocycles. The zero-order valence-corrected chi connectivity index (χ0v) is 13.9. The Kier molecular flexibility index (Phi) is 4.31. The summed E-state index contributed by atoms with van der Waals surface area (Å²) in [5.74, 6) is 0.568. The van der Waals surface area contributed by atoms with Gasteiger partial charge in [-0.15, -0.1) is 0 Å². The first-order valence-electron chi connectivity index (χ1n) is 8.17.